The molecule has 3 aromatic rings. The maximum Gasteiger partial charge on any atom is 0.244 e. The number of likely N-dealkylation sites (tertiary alicyclic amines) is 1. The molecule has 1 fully saturated rings. The van der Waals surface area contributed by atoms with Crippen molar-refractivity contribution >= 4 is 5.82 Å². The molecule has 8 nitrogen and oxygen atoms in total. The van der Waals surface area contributed by atoms with Gasteiger partial charge in [-0.25, -0.2) is 4.98 Å². The van der Waals surface area contributed by atoms with Crippen molar-refractivity contribution in [3.05, 3.63) is 47.9 Å². The Bertz CT molecular complexity index is 887. The molecule has 1 aliphatic heterocycles. The summed E-state index contributed by atoms with van der Waals surface area (Å²) in [5, 5.41) is 13.3. The van der Waals surface area contributed by atoms with E-state index in [-0.39, 0.29) is 12.6 Å². The molecule has 27 heavy (non-hydrogen) atoms. The van der Waals surface area contributed by atoms with Gasteiger partial charge in [-0.15, -0.1) is 0 Å². The van der Waals surface area contributed by atoms with Crippen LogP contribution in [0.5, 0.6) is 0 Å². The molecule has 142 valence electrons. The molecule has 1 N–H and O–H groups in total. The number of anilines is 1. The zero-order chi connectivity index (χ0) is 18.8. The molecular formula is C19H23N5O3. The van der Waals surface area contributed by atoms with Gasteiger partial charge in [0.1, 0.15) is 23.9 Å². The van der Waals surface area contributed by atoms with Gasteiger partial charge in [-0.05, 0) is 43.7 Å². The number of aliphatic hydroxyl groups is 1. The summed E-state index contributed by atoms with van der Waals surface area (Å²) in [6.07, 6.45) is 3.79. The number of furan rings is 1. The molecular weight excluding hydrogens is 346 g/mol. The van der Waals surface area contributed by atoms with Crippen LogP contribution >= 0.6 is 0 Å². The number of rotatable bonds is 6. The Morgan fingerprint density at radius 2 is 2.07 bits per heavy atom. The normalized spacial score (nSPS) is 17.5. The minimum absolute atomic E-state index is 0.0722. The lowest BCUT2D eigenvalue weighted by Crippen LogP contribution is -2.22. The SMILES string of the molecule is CN(C)c1ccc(-c2noc(C3CCCN3Cc3ccc(CO)o3)n2)cn1. The van der Waals surface area contributed by atoms with Crippen LogP contribution in [-0.2, 0) is 13.2 Å². The summed E-state index contributed by atoms with van der Waals surface area (Å²) >= 11 is 0. The summed E-state index contributed by atoms with van der Waals surface area (Å²) in [7, 11) is 3.90. The molecule has 8 heteroatoms. The van der Waals surface area contributed by atoms with E-state index in [4.69, 9.17) is 14.0 Å². The fraction of sp³-hybridized carbons (Fsp3) is 0.421. The van der Waals surface area contributed by atoms with Crippen LogP contribution in [0.4, 0.5) is 5.82 Å². The van der Waals surface area contributed by atoms with E-state index >= 15 is 0 Å². The lowest BCUT2D eigenvalue weighted by molar-refractivity contribution is 0.182. The van der Waals surface area contributed by atoms with Crippen molar-refractivity contribution in [3.63, 3.8) is 0 Å². The standard InChI is InChI=1S/C19H23N5O3/c1-23(2)17-8-5-13(10-20-17)18-21-19(27-22-18)16-4-3-9-24(16)11-14-6-7-15(12-25)26-14/h5-8,10,16,25H,3-4,9,11-12H2,1-2H3. The van der Waals surface area contributed by atoms with Crippen molar-refractivity contribution in [2.45, 2.75) is 32.0 Å². The van der Waals surface area contributed by atoms with Gasteiger partial charge >= 0.3 is 0 Å². The molecule has 0 aromatic carbocycles. The van der Waals surface area contributed by atoms with Crippen molar-refractivity contribution in [2.24, 2.45) is 0 Å². The summed E-state index contributed by atoms with van der Waals surface area (Å²) in [5.41, 5.74) is 0.832. The van der Waals surface area contributed by atoms with Gasteiger partial charge in [0.15, 0.2) is 0 Å². The second kappa shape index (κ2) is 7.50. The van der Waals surface area contributed by atoms with Crippen LogP contribution in [-0.4, -0.2) is 45.8 Å². The van der Waals surface area contributed by atoms with Gasteiger partial charge in [0, 0.05) is 25.9 Å². The highest BCUT2D eigenvalue weighted by molar-refractivity contribution is 5.55. The zero-order valence-electron chi connectivity index (χ0n) is 15.5. The Morgan fingerprint density at radius 3 is 2.78 bits per heavy atom. The monoisotopic (exact) mass is 369 g/mol. The minimum atomic E-state index is -0.0862. The van der Waals surface area contributed by atoms with E-state index in [1.54, 1.807) is 12.3 Å². The van der Waals surface area contributed by atoms with E-state index in [1.807, 2.05) is 37.2 Å². The van der Waals surface area contributed by atoms with Gasteiger partial charge in [0.2, 0.25) is 11.7 Å². The van der Waals surface area contributed by atoms with Crippen molar-refractivity contribution in [1.82, 2.24) is 20.0 Å². The molecule has 1 saturated heterocycles. The number of aromatic nitrogens is 3. The van der Waals surface area contributed by atoms with Crippen LogP contribution in [0.15, 0.2) is 39.4 Å². The highest BCUT2D eigenvalue weighted by atomic mass is 16.5. The van der Waals surface area contributed by atoms with E-state index in [9.17, 15) is 0 Å². The van der Waals surface area contributed by atoms with Gasteiger partial charge in [0.05, 0.1) is 12.6 Å². The molecule has 0 amide bonds. The largest absolute Gasteiger partial charge is 0.462 e. The van der Waals surface area contributed by atoms with Crippen molar-refractivity contribution in [3.8, 4) is 11.4 Å². The Kier molecular flexibility index (Phi) is 4.91. The zero-order valence-corrected chi connectivity index (χ0v) is 15.5. The lowest BCUT2D eigenvalue weighted by atomic mass is 10.2. The Hall–Kier alpha value is -2.71. The molecule has 0 bridgehead atoms. The van der Waals surface area contributed by atoms with E-state index in [0.717, 1.165) is 36.5 Å². The molecule has 0 radical (unpaired) electrons. The highest BCUT2D eigenvalue weighted by Crippen LogP contribution is 2.33. The molecule has 4 rings (SSSR count). The third-order valence-electron chi connectivity index (χ3n) is 4.79. The molecule has 1 unspecified atom stereocenters. The van der Waals surface area contributed by atoms with E-state index in [1.165, 1.54) is 0 Å². The summed E-state index contributed by atoms with van der Waals surface area (Å²) in [6, 6.07) is 7.65. The number of pyridine rings is 1. The van der Waals surface area contributed by atoms with Gasteiger partial charge < -0.3 is 18.9 Å². The molecule has 0 saturated carbocycles. The van der Waals surface area contributed by atoms with Crippen LogP contribution in [0.25, 0.3) is 11.4 Å². The predicted octanol–water partition coefficient (Wildman–Crippen LogP) is 2.62. The Balaban J connectivity index is 1.49. The summed E-state index contributed by atoms with van der Waals surface area (Å²) in [4.78, 5) is 13.2. The van der Waals surface area contributed by atoms with E-state index in [0.29, 0.717) is 24.0 Å². The predicted molar refractivity (Wildman–Crippen MR) is 98.9 cm³/mol. The van der Waals surface area contributed by atoms with Crippen LogP contribution in [0.3, 0.4) is 0 Å². The topological polar surface area (TPSA) is 91.7 Å². The second-order valence-corrected chi connectivity index (χ2v) is 6.91. The first-order chi connectivity index (χ1) is 13.1. The smallest absolute Gasteiger partial charge is 0.244 e. The van der Waals surface area contributed by atoms with Crippen molar-refractivity contribution < 1.29 is 14.0 Å². The maximum atomic E-state index is 9.15. The van der Waals surface area contributed by atoms with Gasteiger partial charge in [-0.3, -0.25) is 4.90 Å². The van der Waals surface area contributed by atoms with Gasteiger partial charge in [0.25, 0.3) is 0 Å². The van der Waals surface area contributed by atoms with Crippen molar-refractivity contribution in [2.75, 3.05) is 25.5 Å². The molecule has 4 heterocycles. The number of nitrogens with zero attached hydrogens (tertiary/aromatic N) is 5. The molecule has 0 aliphatic carbocycles. The molecule has 3 aromatic heterocycles. The van der Waals surface area contributed by atoms with Crippen LogP contribution in [0, 0.1) is 0 Å². The fourth-order valence-corrected chi connectivity index (χ4v) is 3.36. The second-order valence-electron chi connectivity index (χ2n) is 6.91. The van der Waals surface area contributed by atoms with Crippen LogP contribution in [0.1, 0.15) is 36.3 Å². The quantitative estimate of drug-likeness (QED) is 0.709. The van der Waals surface area contributed by atoms with Crippen molar-refractivity contribution in [1.29, 1.82) is 0 Å². The number of hydrogen-bond donors (Lipinski definition) is 1. The average Bonchev–Trinajstić information content (AvgIpc) is 3.42. The van der Waals surface area contributed by atoms with Gasteiger partial charge in [-0.2, -0.15) is 4.98 Å². The summed E-state index contributed by atoms with van der Waals surface area (Å²) < 4.78 is 11.2. The molecule has 1 atom stereocenters. The fourth-order valence-electron chi connectivity index (χ4n) is 3.36. The Morgan fingerprint density at radius 1 is 1.22 bits per heavy atom. The third-order valence-corrected chi connectivity index (χ3v) is 4.79. The van der Waals surface area contributed by atoms with E-state index < -0.39 is 0 Å². The molecule has 1 aliphatic rings. The minimum Gasteiger partial charge on any atom is -0.462 e. The maximum absolute atomic E-state index is 9.15. The molecule has 0 spiro atoms. The first-order valence-corrected chi connectivity index (χ1v) is 9.04. The van der Waals surface area contributed by atoms with E-state index in [2.05, 4.69) is 20.0 Å². The Labute approximate surface area is 157 Å². The van der Waals surface area contributed by atoms with Crippen LogP contribution < -0.4 is 4.90 Å². The lowest BCUT2D eigenvalue weighted by Gasteiger charge is -2.19. The van der Waals surface area contributed by atoms with Crippen LogP contribution in [0.2, 0.25) is 0 Å². The number of aliphatic hydroxyl groups excluding tert-OH is 1. The highest BCUT2D eigenvalue weighted by Gasteiger charge is 2.31. The summed E-state index contributed by atoms with van der Waals surface area (Å²) in [6.45, 7) is 1.51. The summed E-state index contributed by atoms with van der Waals surface area (Å²) in [5.74, 6) is 3.46. The average molecular weight is 369 g/mol. The first kappa shape index (κ1) is 17.7. The first-order valence-electron chi connectivity index (χ1n) is 9.04. The third kappa shape index (κ3) is 3.72. The van der Waals surface area contributed by atoms with Gasteiger partial charge in [-0.1, -0.05) is 5.16 Å². The number of hydrogen-bond acceptors (Lipinski definition) is 8.